The highest BCUT2D eigenvalue weighted by molar-refractivity contribution is 5.74. The van der Waals surface area contributed by atoms with Gasteiger partial charge >= 0.3 is 6.03 Å². The van der Waals surface area contributed by atoms with Gasteiger partial charge in [0.1, 0.15) is 11.6 Å². The number of likely N-dealkylation sites (tertiary alicyclic amines) is 1. The van der Waals surface area contributed by atoms with Crippen LogP contribution in [0.15, 0.2) is 47.1 Å². The lowest BCUT2D eigenvalue weighted by Gasteiger charge is -2.37. The number of nitrogens with one attached hydrogen (secondary N) is 1. The van der Waals surface area contributed by atoms with Gasteiger partial charge in [-0.3, -0.25) is 4.90 Å². The monoisotopic (exact) mass is 345 g/mol. The number of carbonyl (C=O) groups is 1. The normalized spacial score (nSPS) is 18.1. The summed E-state index contributed by atoms with van der Waals surface area (Å²) in [7, 11) is 1.81. The topological polar surface area (TPSA) is 48.7 Å². The molecule has 1 unspecified atom stereocenters. The number of nitrogens with zero attached hydrogens (tertiary/aromatic N) is 2. The van der Waals surface area contributed by atoms with Gasteiger partial charge in [0, 0.05) is 31.7 Å². The van der Waals surface area contributed by atoms with E-state index in [9.17, 15) is 9.18 Å². The van der Waals surface area contributed by atoms with Gasteiger partial charge in [0.2, 0.25) is 0 Å². The van der Waals surface area contributed by atoms with Crippen LogP contribution in [-0.4, -0.2) is 42.0 Å². The Balaban J connectivity index is 1.53. The summed E-state index contributed by atoms with van der Waals surface area (Å²) in [5.41, 5.74) is 0.702. The zero-order valence-corrected chi connectivity index (χ0v) is 14.5. The number of hydrogen-bond acceptors (Lipinski definition) is 3. The number of urea groups is 1. The number of likely N-dealkylation sites (N-methyl/N-ethyl adjacent to an activating group) is 1. The standard InChI is InChI=1S/C19H24FN3O2/c1-22(19(24)21-12-17-8-5-11-25-17)16-7-4-10-23(14-16)13-15-6-2-3-9-18(15)20/h2-3,5-6,8-9,11,16H,4,7,10,12-14H2,1H3,(H,21,24). The van der Waals surface area contributed by atoms with Crippen molar-refractivity contribution in [3.63, 3.8) is 0 Å². The van der Waals surface area contributed by atoms with Crippen LogP contribution in [0.2, 0.25) is 0 Å². The summed E-state index contributed by atoms with van der Waals surface area (Å²) in [6.07, 6.45) is 3.54. The van der Waals surface area contributed by atoms with Crippen LogP contribution in [0.4, 0.5) is 9.18 Å². The fourth-order valence-corrected chi connectivity index (χ4v) is 3.22. The number of piperidine rings is 1. The molecule has 1 aromatic heterocycles. The molecule has 25 heavy (non-hydrogen) atoms. The van der Waals surface area contributed by atoms with Gasteiger partial charge in [0.05, 0.1) is 12.8 Å². The number of amides is 2. The largest absolute Gasteiger partial charge is 0.467 e. The van der Waals surface area contributed by atoms with Gasteiger partial charge in [-0.1, -0.05) is 18.2 Å². The number of rotatable bonds is 5. The van der Waals surface area contributed by atoms with Crippen LogP contribution >= 0.6 is 0 Å². The Morgan fingerprint density at radius 3 is 2.96 bits per heavy atom. The SMILES string of the molecule is CN(C(=O)NCc1ccco1)C1CCCN(Cc2ccccc2F)C1. The second-order valence-corrected chi connectivity index (χ2v) is 6.47. The zero-order valence-electron chi connectivity index (χ0n) is 14.5. The van der Waals surface area contributed by atoms with E-state index in [1.807, 2.05) is 25.2 Å². The lowest BCUT2D eigenvalue weighted by atomic mass is 10.0. The van der Waals surface area contributed by atoms with Crippen LogP contribution in [0.3, 0.4) is 0 Å². The highest BCUT2D eigenvalue weighted by Crippen LogP contribution is 2.18. The molecule has 6 heteroatoms. The van der Waals surface area contributed by atoms with E-state index in [2.05, 4.69) is 10.2 Å². The Bertz CT molecular complexity index is 690. The lowest BCUT2D eigenvalue weighted by molar-refractivity contribution is 0.120. The van der Waals surface area contributed by atoms with Crippen molar-refractivity contribution < 1.29 is 13.6 Å². The summed E-state index contributed by atoms with van der Waals surface area (Å²) in [6, 6.07) is 10.5. The van der Waals surface area contributed by atoms with Gasteiger partial charge in [-0.15, -0.1) is 0 Å². The minimum atomic E-state index is -0.172. The van der Waals surface area contributed by atoms with E-state index in [0.29, 0.717) is 18.7 Å². The van der Waals surface area contributed by atoms with Gasteiger partial charge in [0.15, 0.2) is 0 Å². The van der Waals surface area contributed by atoms with Gasteiger partial charge in [-0.05, 0) is 37.6 Å². The maximum atomic E-state index is 13.9. The molecule has 134 valence electrons. The molecule has 1 fully saturated rings. The molecule has 2 heterocycles. The summed E-state index contributed by atoms with van der Waals surface area (Å²) >= 11 is 0. The van der Waals surface area contributed by atoms with Crippen molar-refractivity contribution in [1.29, 1.82) is 0 Å². The lowest BCUT2D eigenvalue weighted by Crippen LogP contribution is -2.51. The molecule has 1 saturated heterocycles. The molecule has 1 aromatic carbocycles. The number of benzene rings is 1. The average Bonchev–Trinajstić information content (AvgIpc) is 3.15. The number of carbonyl (C=O) groups excluding carboxylic acids is 1. The molecule has 0 aliphatic carbocycles. The van der Waals surface area contributed by atoms with E-state index in [1.165, 1.54) is 6.07 Å². The Hall–Kier alpha value is -2.34. The van der Waals surface area contributed by atoms with Gasteiger partial charge in [-0.2, -0.15) is 0 Å². The quantitative estimate of drug-likeness (QED) is 0.905. The molecule has 0 bridgehead atoms. The molecule has 1 atom stereocenters. The first-order valence-corrected chi connectivity index (χ1v) is 8.62. The summed E-state index contributed by atoms with van der Waals surface area (Å²) in [4.78, 5) is 16.3. The molecule has 1 N–H and O–H groups in total. The molecule has 2 amide bonds. The molecule has 0 radical (unpaired) electrons. The Morgan fingerprint density at radius 1 is 1.36 bits per heavy atom. The summed E-state index contributed by atoms with van der Waals surface area (Å²) < 4.78 is 19.1. The smallest absolute Gasteiger partial charge is 0.317 e. The van der Waals surface area contributed by atoms with Gasteiger partial charge in [-0.25, -0.2) is 9.18 Å². The van der Waals surface area contributed by atoms with E-state index in [4.69, 9.17) is 4.42 Å². The molecule has 0 saturated carbocycles. The third-order valence-electron chi connectivity index (χ3n) is 4.69. The molecule has 0 spiro atoms. The van der Waals surface area contributed by atoms with Crippen LogP contribution in [0.5, 0.6) is 0 Å². The minimum Gasteiger partial charge on any atom is -0.467 e. The van der Waals surface area contributed by atoms with Crippen molar-refractivity contribution in [1.82, 2.24) is 15.1 Å². The molecule has 1 aliphatic heterocycles. The maximum Gasteiger partial charge on any atom is 0.317 e. The van der Waals surface area contributed by atoms with Crippen LogP contribution in [0, 0.1) is 5.82 Å². The summed E-state index contributed by atoms with van der Waals surface area (Å²) in [5, 5.41) is 2.87. The molecule has 3 rings (SSSR count). The predicted octanol–water partition coefficient (Wildman–Crippen LogP) is 3.22. The van der Waals surface area contributed by atoms with Crippen molar-refractivity contribution >= 4 is 6.03 Å². The Kier molecular flexibility index (Phi) is 5.71. The molecular formula is C19H24FN3O2. The van der Waals surface area contributed by atoms with E-state index < -0.39 is 0 Å². The number of halogens is 1. The molecule has 5 nitrogen and oxygen atoms in total. The molecule has 1 aliphatic rings. The Labute approximate surface area is 147 Å². The Morgan fingerprint density at radius 2 is 2.20 bits per heavy atom. The molecular weight excluding hydrogens is 321 g/mol. The fourth-order valence-electron chi connectivity index (χ4n) is 3.22. The minimum absolute atomic E-state index is 0.117. The average molecular weight is 345 g/mol. The highest BCUT2D eigenvalue weighted by atomic mass is 19.1. The van der Waals surface area contributed by atoms with Crippen LogP contribution < -0.4 is 5.32 Å². The maximum absolute atomic E-state index is 13.9. The van der Waals surface area contributed by atoms with Crippen LogP contribution in [0.25, 0.3) is 0 Å². The second-order valence-electron chi connectivity index (χ2n) is 6.47. The van der Waals surface area contributed by atoms with Crippen molar-refractivity contribution in [2.45, 2.75) is 32.0 Å². The van der Waals surface area contributed by atoms with Crippen molar-refractivity contribution in [2.75, 3.05) is 20.1 Å². The number of furan rings is 1. The zero-order chi connectivity index (χ0) is 17.6. The third-order valence-corrected chi connectivity index (χ3v) is 4.69. The highest BCUT2D eigenvalue weighted by Gasteiger charge is 2.26. The third kappa shape index (κ3) is 4.60. The van der Waals surface area contributed by atoms with E-state index >= 15 is 0 Å². The van der Waals surface area contributed by atoms with Crippen molar-refractivity contribution in [3.05, 3.63) is 59.8 Å². The van der Waals surface area contributed by atoms with Gasteiger partial charge < -0.3 is 14.6 Å². The van der Waals surface area contributed by atoms with E-state index in [-0.39, 0.29) is 17.9 Å². The van der Waals surface area contributed by atoms with Crippen LogP contribution in [0.1, 0.15) is 24.2 Å². The van der Waals surface area contributed by atoms with Crippen LogP contribution in [-0.2, 0) is 13.1 Å². The number of hydrogen-bond donors (Lipinski definition) is 1. The first-order chi connectivity index (χ1) is 12.1. The fraction of sp³-hybridized carbons (Fsp3) is 0.421. The predicted molar refractivity (Wildman–Crippen MR) is 93.4 cm³/mol. The molecule has 2 aromatic rings. The first-order valence-electron chi connectivity index (χ1n) is 8.62. The van der Waals surface area contributed by atoms with E-state index in [0.717, 1.165) is 31.7 Å². The van der Waals surface area contributed by atoms with Gasteiger partial charge in [0.25, 0.3) is 0 Å². The van der Waals surface area contributed by atoms with E-state index in [1.54, 1.807) is 23.3 Å². The summed E-state index contributed by atoms with van der Waals surface area (Å²) in [6.45, 7) is 2.62. The van der Waals surface area contributed by atoms with Crippen molar-refractivity contribution in [2.24, 2.45) is 0 Å². The second kappa shape index (κ2) is 8.16. The van der Waals surface area contributed by atoms with Crippen molar-refractivity contribution in [3.8, 4) is 0 Å². The summed E-state index contributed by atoms with van der Waals surface area (Å²) in [5.74, 6) is 0.556. The first kappa shape index (κ1) is 17.5.